The lowest BCUT2D eigenvalue weighted by Gasteiger charge is -2.11. The molecule has 1 aliphatic heterocycles. The van der Waals surface area contributed by atoms with Crippen LogP contribution >= 0.6 is 0 Å². The molecule has 0 radical (unpaired) electrons. The molecule has 3 rings (SSSR count). The van der Waals surface area contributed by atoms with Crippen LogP contribution in [0.15, 0.2) is 42.5 Å². The molecule has 0 aromatic heterocycles. The highest BCUT2D eigenvalue weighted by Gasteiger charge is 2.25. The van der Waals surface area contributed by atoms with Crippen molar-refractivity contribution in [3.8, 4) is 11.5 Å². The van der Waals surface area contributed by atoms with Gasteiger partial charge in [-0.05, 0) is 37.1 Å². The molecule has 1 saturated heterocycles. The average Bonchev–Trinajstić information content (AvgIpc) is 2.96. The molecule has 0 bridgehead atoms. The van der Waals surface area contributed by atoms with Crippen molar-refractivity contribution in [2.45, 2.75) is 19.4 Å². The normalized spacial score (nSPS) is 14.2. The molecule has 8 heteroatoms. The first-order valence-corrected chi connectivity index (χ1v) is 8.27. The van der Waals surface area contributed by atoms with Crippen LogP contribution in [0, 0.1) is 12.0 Å². The predicted octanol–water partition coefficient (Wildman–Crippen LogP) is 4.84. The first-order valence-electron chi connectivity index (χ1n) is 8.27. The molecule has 2 aromatic carbocycles. The van der Waals surface area contributed by atoms with Crippen molar-refractivity contribution >= 4 is 18.7 Å². The molecule has 0 unspecified atom stereocenters. The topological polar surface area (TPSA) is 69.4 Å². The molecule has 1 aliphatic rings. The Bertz CT molecular complexity index is 822. The fourth-order valence-electron chi connectivity index (χ4n) is 2.43. The maximum atomic E-state index is 9.18. The van der Waals surface area contributed by atoms with Crippen molar-refractivity contribution in [3.05, 3.63) is 64.4 Å². The van der Waals surface area contributed by atoms with Gasteiger partial charge in [0.2, 0.25) is 5.39 Å². The van der Waals surface area contributed by atoms with E-state index in [2.05, 4.69) is 9.82 Å². The molecule has 0 N–H and O–H groups in total. The maximum Gasteiger partial charge on any atom is 0.639 e. The summed E-state index contributed by atoms with van der Waals surface area (Å²) in [5.74, 6) is 1.17. The van der Waals surface area contributed by atoms with Crippen molar-refractivity contribution in [1.29, 1.82) is 5.39 Å². The maximum absolute atomic E-state index is 9.18. The zero-order valence-corrected chi connectivity index (χ0v) is 14.1. The number of diazo groups is 1. The van der Waals surface area contributed by atoms with E-state index < -0.39 is 7.32 Å². The quantitative estimate of drug-likeness (QED) is 0.438. The number of hydrogen-bond acceptors (Lipinski definition) is 5. The van der Waals surface area contributed by atoms with Crippen molar-refractivity contribution < 1.29 is 18.7 Å². The summed E-state index contributed by atoms with van der Waals surface area (Å²) in [6.45, 7) is 8.30. The first kappa shape index (κ1) is 17.9. The van der Waals surface area contributed by atoms with Crippen molar-refractivity contribution in [2.24, 2.45) is 0 Å². The van der Waals surface area contributed by atoms with Gasteiger partial charge < -0.3 is 18.7 Å². The lowest BCUT2D eigenvalue weighted by atomic mass is 10.1. The van der Waals surface area contributed by atoms with Gasteiger partial charge in [-0.25, -0.2) is 4.85 Å². The summed E-state index contributed by atoms with van der Waals surface area (Å²) in [6.07, 6.45) is 1.87. The highest BCUT2D eigenvalue weighted by Crippen LogP contribution is 2.29. The second-order valence-electron chi connectivity index (χ2n) is 5.65. The summed E-state index contributed by atoms with van der Waals surface area (Å²) in [6, 6.07) is 11.9. The smallest absolute Gasteiger partial charge is 0.457 e. The Kier molecular flexibility index (Phi) is 6.18. The fraction of sp³-hybridized carbons (Fsp3) is 0.278. The third-order valence-electron chi connectivity index (χ3n) is 3.78. The number of hydrogen-bond donors (Lipinski definition) is 0. The summed E-state index contributed by atoms with van der Waals surface area (Å²) >= 11 is 0. The molecule has 0 saturated carbocycles. The second kappa shape index (κ2) is 8.98. The van der Waals surface area contributed by atoms with E-state index in [0.29, 0.717) is 41.7 Å². The zero-order chi connectivity index (χ0) is 18.2. The highest BCUT2D eigenvalue weighted by molar-refractivity contribution is 6.36. The van der Waals surface area contributed by atoms with Crippen molar-refractivity contribution in [3.63, 3.8) is 0 Å². The number of ether oxygens (including phenoxy) is 1. The molecule has 1 fully saturated rings. The summed E-state index contributed by atoms with van der Waals surface area (Å²) in [5, 5.41) is 9.18. The molecule has 0 aliphatic carbocycles. The van der Waals surface area contributed by atoms with Crippen LogP contribution in [-0.2, 0) is 20.6 Å². The third-order valence-corrected chi connectivity index (χ3v) is 3.78. The van der Waals surface area contributed by atoms with Gasteiger partial charge in [0.15, 0.2) is 10.7 Å². The van der Waals surface area contributed by atoms with E-state index >= 15 is 0 Å². The molecule has 7 nitrogen and oxygen atoms in total. The van der Waals surface area contributed by atoms with Gasteiger partial charge in [0.1, 0.15) is 11.5 Å². The molecule has 130 valence electrons. The van der Waals surface area contributed by atoms with Gasteiger partial charge in [-0.3, -0.25) is 0 Å². The molecular weight excluding hydrogens is 333 g/mol. The Morgan fingerprint density at radius 2 is 1.73 bits per heavy atom. The minimum absolute atomic E-state index is 0.151. The summed E-state index contributed by atoms with van der Waals surface area (Å²) in [5.41, 5.74) is 1.57. The van der Waals surface area contributed by atoms with Gasteiger partial charge >= 0.3 is 13.0 Å². The molecule has 0 spiro atoms. The zero-order valence-electron chi connectivity index (χ0n) is 14.1. The van der Waals surface area contributed by atoms with E-state index in [1.54, 1.807) is 42.5 Å². The Balaban J connectivity index is 1.69. The number of nitrogens with zero attached hydrogens (tertiary/aromatic N) is 3. The van der Waals surface area contributed by atoms with Crippen LogP contribution in [0.2, 0.25) is 0 Å². The molecule has 0 atom stereocenters. The van der Waals surface area contributed by atoms with Gasteiger partial charge in [0.25, 0.3) is 0 Å². The van der Waals surface area contributed by atoms with Crippen LogP contribution in [0.3, 0.4) is 0 Å². The van der Waals surface area contributed by atoms with E-state index in [9.17, 15) is 5.39 Å². The van der Waals surface area contributed by atoms with Gasteiger partial charge in [0, 0.05) is 19.3 Å². The Morgan fingerprint density at radius 3 is 2.38 bits per heavy atom. The number of rotatable bonds is 5. The van der Waals surface area contributed by atoms with Gasteiger partial charge in [-0.15, -0.1) is 0 Å². The molecule has 1 heterocycles. The minimum atomic E-state index is -0.727. The van der Waals surface area contributed by atoms with E-state index in [0.717, 1.165) is 12.8 Å². The molecule has 26 heavy (non-hydrogen) atoms. The largest absolute Gasteiger partial charge is 0.639 e. The van der Waals surface area contributed by atoms with E-state index in [1.165, 1.54) is 0 Å². The van der Waals surface area contributed by atoms with Crippen LogP contribution in [0.25, 0.3) is 9.82 Å². The predicted molar refractivity (Wildman–Crippen MR) is 95.6 cm³/mol. The van der Waals surface area contributed by atoms with Crippen LogP contribution in [-0.4, -0.2) is 20.5 Å². The van der Waals surface area contributed by atoms with Gasteiger partial charge in [0.05, 0.1) is 18.7 Å². The lowest BCUT2D eigenvalue weighted by Crippen LogP contribution is -2.25. The summed E-state index contributed by atoms with van der Waals surface area (Å²) in [4.78, 5) is 6.62. The lowest BCUT2D eigenvalue weighted by molar-refractivity contribution is 0.107. The van der Waals surface area contributed by atoms with Crippen LogP contribution in [0.4, 0.5) is 11.4 Å². The van der Waals surface area contributed by atoms with Crippen molar-refractivity contribution in [1.82, 2.24) is 0 Å². The molecule has 0 amide bonds. The fourth-order valence-corrected chi connectivity index (χ4v) is 2.43. The Hall–Kier alpha value is -2.91. The molecular formula is C18H17BN3O4+. The minimum Gasteiger partial charge on any atom is -0.457 e. The Labute approximate surface area is 152 Å². The van der Waals surface area contributed by atoms with E-state index in [1.807, 2.05) is 0 Å². The first-order chi connectivity index (χ1) is 12.8. The van der Waals surface area contributed by atoms with Gasteiger partial charge in [-0.1, -0.05) is 12.1 Å². The number of benzene rings is 2. The third kappa shape index (κ3) is 4.81. The van der Waals surface area contributed by atoms with Gasteiger partial charge in [-0.2, -0.15) is 0 Å². The highest BCUT2D eigenvalue weighted by atomic mass is 16.7. The SMILES string of the molecule is [C-]#[N+]c1ccc(Oc2ccc([N+]#N)c(COB3OCCCCO3)c2)cc1. The standard InChI is InChI=1S/C18H17BN3O4/c1-21-15-4-6-16(7-5-15)26-17-8-9-18(22-20)14(12-17)13-25-19-23-10-2-3-11-24-19/h4-9,12H,2-3,10-11,13H2/q+1. The van der Waals surface area contributed by atoms with Crippen molar-refractivity contribution in [2.75, 3.05) is 13.2 Å². The second-order valence-corrected chi connectivity index (χ2v) is 5.65. The average molecular weight is 350 g/mol. The van der Waals surface area contributed by atoms with E-state index in [-0.39, 0.29) is 6.61 Å². The Morgan fingerprint density at radius 1 is 1.04 bits per heavy atom. The molecule has 2 aromatic rings. The van der Waals surface area contributed by atoms with Crippen LogP contribution in [0.1, 0.15) is 18.4 Å². The monoisotopic (exact) mass is 350 g/mol. The summed E-state index contributed by atoms with van der Waals surface area (Å²) < 4.78 is 22.3. The van der Waals surface area contributed by atoms with Crippen LogP contribution < -0.4 is 4.74 Å². The summed E-state index contributed by atoms with van der Waals surface area (Å²) in [7, 11) is -0.727. The van der Waals surface area contributed by atoms with Crippen LogP contribution in [0.5, 0.6) is 11.5 Å². The van der Waals surface area contributed by atoms with E-state index in [4.69, 9.17) is 25.3 Å².